The Bertz CT molecular complexity index is 1140. The Morgan fingerprint density at radius 1 is 1.26 bits per heavy atom. The highest BCUT2D eigenvalue weighted by atomic mass is 32.2. The van der Waals surface area contributed by atoms with Crippen molar-refractivity contribution < 1.29 is 47.3 Å². The van der Waals surface area contributed by atoms with Gasteiger partial charge in [0.2, 0.25) is 5.91 Å². The number of benzene rings is 1. The zero-order valence-corrected chi connectivity index (χ0v) is 18.9. The number of hydrogen-bond donors (Lipinski definition) is 3. The number of carboxylic acids is 2. The van der Waals surface area contributed by atoms with Gasteiger partial charge in [0, 0.05) is 29.6 Å². The number of allylic oxidation sites excluding steroid dienone is 1. The molecular formula is C21H20F3N3O7S. The van der Waals surface area contributed by atoms with E-state index in [-0.39, 0.29) is 17.0 Å². The van der Waals surface area contributed by atoms with Crippen LogP contribution in [0.5, 0.6) is 5.75 Å². The van der Waals surface area contributed by atoms with Crippen LogP contribution >= 0.6 is 11.8 Å². The summed E-state index contributed by atoms with van der Waals surface area (Å²) in [5.41, 5.74) is 7.40. The fourth-order valence-corrected chi connectivity index (χ4v) is 4.89. The average molecular weight is 515 g/mol. The Kier molecular flexibility index (Phi) is 7.45. The van der Waals surface area contributed by atoms with Crippen molar-refractivity contribution in [1.82, 2.24) is 4.90 Å². The number of carbonyl (C=O) groups is 4. The Hall–Kier alpha value is -3.52. The number of ether oxygens (including phenoxy) is 1. The lowest BCUT2D eigenvalue weighted by molar-refractivity contribution is -0.192. The largest absolute Gasteiger partial charge is 0.497 e. The number of methoxy groups -OCH3 is 1. The van der Waals surface area contributed by atoms with Gasteiger partial charge in [0.25, 0.3) is 5.91 Å². The molecule has 2 saturated heterocycles. The quantitative estimate of drug-likeness (QED) is 0.401. The summed E-state index contributed by atoms with van der Waals surface area (Å²) in [7, 11) is 1.56. The van der Waals surface area contributed by atoms with Crippen LogP contribution < -0.4 is 15.4 Å². The third-order valence-electron chi connectivity index (χ3n) is 5.32. The third kappa shape index (κ3) is 5.27. The van der Waals surface area contributed by atoms with Crippen molar-refractivity contribution in [2.45, 2.75) is 24.0 Å². The predicted molar refractivity (Wildman–Crippen MR) is 117 cm³/mol. The second-order valence-corrected chi connectivity index (χ2v) is 8.60. The topological polar surface area (TPSA) is 150 Å². The van der Waals surface area contributed by atoms with Gasteiger partial charge in [0.15, 0.2) is 0 Å². The van der Waals surface area contributed by atoms with Crippen molar-refractivity contribution in [2.24, 2.45) is 5.73 Å². The van der Waals surface area contributed by atoms with Gasteiger partial charge in [-0.2, -0.15) is 13.2 Å². The predicted octanol–water partition coefficient (Wildman–Crippen LogP) is 1.57. The Morgan fingerprint density at radius 3 is 2.49 bits per heavy atom. The number of carbonyl (C=O) groups excluding carboxylic acids is 2. The van der Waals surface area contributed by atoms with Gasteiger partial charge >= 0.3 is 18.1 Å². The summed E-state index contributed by atoms with van der Waals surface area (Å²) in [6, 6.07) is 6.54. The molecule has 0 bridgehead atoms. The van der Waals surface area contributed by atoms with E-state index in [4.69, 9.17) is 20.4 Å². The van der Waals surface area contributed by atoms with Crippen molar-refractivity contribution in [3.8, 4) is 5.75 Å². The SMILES string of the molecule is COc1cccc(N2CCC(=CC3=C(C(=O)O)N4C(=O)[C@@H](N)[C@H]4SC3)C2=O)c1.O=C(O)C(F)(F)F. The summed E-state index contributed by atoms with van der Waals surface area (Å²) in [6.07, 6.45) is -2.97. The molecule has 0 unspecified atom stereocenters. The van der Waals surface area contributed by atoms with E-state index in [9.17, 15) is 32.7 Å². The number of alkyl halides is 3. The van der Waals surface area contributed by atoms with E-state index in [0.717, 1.165) is 5.69 Å². The van der Waals surface area contributed by atoms with E-state index in [1.807, 2.05) is 12.1 Å². The van der Waals surface area contributed by atoms with Gasteiger partial charge < -0.3 is 25.6 Å². The molecule has 0 spiro atoms. The molecule has 188 valence electrons. The third-order valence-corrected chi connectivity index (χ3v) is 6.65. The number of hydrogen-bond acceptors (Lipinski definition) is 7. The maximum absolute atomic E-state index is 12.9. The number of thioether (sulfide) groups is 1. The van der Waals surface area contributed by atoms with Gasteiger partial charge in [-0.05, 0) is 30.2 Å². The van der Waals surface area contributed by atoms with E-state index in [2.05, 4.69) is 0 Å². The summed E-state index contributed by atoms with van der Waals surface area (Å²) in [5.74, 6) is -3.48. The smallest absolute Gasteiger partial charge is 0.490 e. The monoisotopic (exact) mass is 515 g/mol. The number of aliphatic carboxylic acids is 2. The van der Waals surface area contributed by atoms with Crippen LogP contribution in [0.1, 0.15) is 6.42 Å². The van der Waals surface area contributed by atoms with Gasteiger partial charge in [-0.1, -0.05) is 6.07 Å². The molecule has 1 aromatic carbocycles. The van der Waals surface area contributed by atoms with Crippen LogP contribution in [0.4, 0.5) is 18.9 Å². The van der Waals surface area contributed by atoms with Crippen molar-refractivity contribution in [2.75, 3.05) is 24.3 Å². The molecule has 14 heteroatoms. The molecule has 4 N–H and O–H groups in total. The minimum atomic E-state index is -5.08. The highest BCUT2D eigenvalue weighted by molar-refractivity contribution is 8.00. The van der Waals surface area contributed by atoms with Crippen LogP contribution in [0, 0.1) is 0 Å². The molecule has 3 heterocycles. The number of halogens is 3. The fraction of sp³-hybridized carbons (Fsp3) is 0.333. The standard InChI is InChI=1S/C19H19N3O5S.C2HF3O2/c1-27-13-4-2-3-12(8-13)21-6-5-10(16(21)23)7-11-9-28-18-14(20)17(24)22(18)15(11)19(25)26;3-2(4,5)1(6)7/h2-4,7-8,14,18H,5-6,9,20H2,1H3,(H,25,26);(H,6,7)/t14-,18-;/m1./s1. The minimum absolute atomic E-state index is 0.0735. The molecule has 0 aromatic heterocycles. The van der Waals surface area contributed by atoms with Crippen molar-refractivity contribution >= 4 is 41.2 Å². The highest BCUT2D eigenvalue weighted by Gasteiger charge is 2.51. The number of fused-ring (bicyclic) bond motifs is 1. The number of β-lactam (4-membered cyclic amide) rings is 1. The van der Waals surface area contributed by atoms with E-state index < -0.39 is 30.1 Å². The number of amides is 2. The Morgan fingerprint density at radius 2 is 1.91 bits per heavy atom. The zero-order chi connectivity index (χ0) is 26.1. The molecule has 10 nitrogen and oxygen atoms in total. The molecule has 35 heavy (non-hydrogen) atoms. The number of nitrogens with zero attached hydrogens (tertiary/aromatic N) is 2. The molecule has 3 aliphatic heterocycles. The van der Waals surface area contributed by atoms with Crippen molar-refractivity contribution in [1.29, 1.82) is 0 Å². The van der Waals surface area contributed by atoms with Crippen molar-refractivity contribution in [3.05, 3.63) is 47.2 Å². The maximum Gasteiger partial charge on any atom is 0.490 e. The summed E-state index contributed by atoms with van der Waals surface area (Å²) in [5, 5.41) is 16.4. The van der Waals surface area contributed by atoms with E-state index in [0.29, 0.717) is 35.6 Å². The molecular weight excluding hydrogens is 495 g/mol. The first-order valence-corrected chi connectivity index (χ1v) is 11.0. The summed E-state index contributed by atoms with van der Waals surface area (Å²) in [4.78, 5) is 48.4. The van der Waals surface area contributed by atoms with Crippen LogP contribution in [0.2, 0.25) is 0 Å². The van der Waals surface area contributed by atoms with Gasteiger partial charge in [0.05, 0.1) is 7.11 Å². The van der Waals surface area contributed by atoms with Gasteiger partial charge in [0.1, 0.15) is 22.9 Å². The Labute approximate surface area is 200 Å². The molecule has 0 aliphatic carbocycles. The molecule has 3 aliphatic rings. The van der Waals surface area contributed by atoms with Crippen LogP contribution in [0.15, 0.2) is 47.2 Å². The van der Waals surface area contributed by atoms with Crippen LogP contribution in [-0.4, -0.2) is 75.9 Å². The summed E-state index contributed by atoms with van der Waals surface area (Å²) < 4.78 is 36.9. The second kappa shape index (κ2) is 10.00. The van der Waals surface area contributed by atoms with E-state index in [1.165, 1.54) is 16.7 Å². The lowest BCUT2D eigenvalue weighted by Crippen LogP contribution is -2.68. The Balaban J connectivity index is 0.000000429. The number of anilines is 1. The summed E-state index contributed by atoms with van der Waals surface area (Å²) >= 11 is 1.41. The summed E-state index contributed by atoms with van der Waals surface area (Å²) in [6.45, 7) is 0.497. The first kappa shape index (κ1) is 26.1. The number of carboxylic acid groups (broad SMARTS) is 2. The second-order valence-electron chi connectivity index (χ2n) is 7.50. The van der Waals surface area contributed by atoms with Gasteiger partial charge in [-0.25, -0.2) is 9.59 Å². The fourth-order valence-electron chi connectivity index (χ4n) is 3.63. The lowest BCUT2D eigenvalue weighted by Gasteiger charge is -2.47. The first-order valence-electron chi connectivity index (χ1n) is 10.00. The van der Waals surface area contributed by atoms with Gasteiger partial charge in [-0.15, -0.1) is 11.8 Å². The first-order chi connectivity index (χ1) is 16.4. The maximum atomic E-state index is 12.9. The minimum Gasteiger partial charge on any atom is -0.497 e. The normalized spacial score (nSPS) is 22.9. The van der Waals surface area contributed by atoms with E-state index in [1.54, 1.807) is 30.2 Å². The van der Waals surface area contributed by atoms with Crippen molar-refractivity contribution in [3.63, 3.8) is 0 Å². The average Bonchev–Trinajstić information content (AvgIpc) is 3.17. The van der Waals surface area contributed by atoms with Crippen LogP contribution in [0.3, 0.4) is 0 Å². The van der Waals surface area contributed by atoms with Crippen LogP contribution in [-0.2, 0) is 19.2 Å². The molecule has 4 rings (SSSR count). The lowest BCUT2D eigenvalue weighted by atomic mass is 10.0. The molecule has 0 saturated carbocycles. The zero-order valence-electron chi connectivity index (χ0n) is 18.1. The van der Waals surface area contributed by atoms with E-state index >= 15 is 0 Å². The van der Waals surface area contributed by atoms with Crippen LogP contribution in [0.25, 0.3) is 0 Å². The molecule has 2 amide bonds. The molecule has 2 atom stereocenters. The molecule has 2 fully saturated rings. The van der Waals surface area contributed by atoms with Gasteiger partial charge in [-0.3, -0.25) is 14.5 Å². The molecule has 1 aromatic rings. The highest BCUT2D eigenvalue weighted by Crippen LogP contribution is 2.40. The number of rotatable bonds is 4. The number of nitrogens with two attached hydrogens (primary N) is 1. The molecule has 0 radical (unpaired) electrons.